The molecule has 0 radical (unpaired) electrons. The minimum absolute atomic E-state index is 0.0366. The molecule has 0 fully saturated rings. The zero-order valence-electron chi connectivity index (χ0n) is 23.1. The minimum atomic E-state index is -0.597. The summed E-state index contributed by atoms with van der Waals surface area (Å²) >= 11 is 0. The Hall–Kier alpha value is -4.52. The van der Waals surface area contributed by atoms with Crippen LogP contribution in [0, 0.1) is 5.92 Å². The molecule has 3 atom stereocenters. The lowest BCUT2D eigenvalue weighted by molar-refractivity contribution is -0.141. The third-order valence-corrected chi connectivity index (χ3v) is 7.62. The Morgan fingerprint density at radius 2 is 1.57 bits per heavy atom. The van der Waals surface area contributed by atoms with E-state index in [4.69, 9.17) is 18.9 Å². The van der Waals surface area contributed by atoms with Crippen molar-refractivity contribution in [3.05, 3.63) is 113 Å². The zero-order chi connectivity index (χ0) is 28.2. The standard InChI is InChI=1S/C33H33NO6/c1-20-30(33(36)40-19-21-8-6-5-7-9-21)31(26-15-14-25(38-3)18-29(26)39-4)32-27(34-20)16-23(17-28(32)35)22-10-12-24(37-2)13-11-22/h5-16,18,23,31-32,34H,17,19H2,1-4H3. The van der Waals surface area contributed by atoms with Crippen LogP contribution >= 0.6 is 0 Å². The summed E-state index contributed by atoms with van der Waals surface area (Å²) in [6.45, 7) is 1.98. The topological polar surface area (TPSA) is 83.1 Å². The molecule has 0 amide bonds. The molecule has 206 valence electrons. The van der Waals surface area contributed by atoms with Crippen molar-refractivity contribution in [2.24, 2.45) is 5.92 Å². The number of esters is 1. The van der Waals surface area contributed by atoms with E-state index in [9.17, 15) is 9.59 Å². The van der Waals surface area contributed by atoms with E-state index in [0.717, 1.165) is 28.1 Å². The average Bonchev–Trinajstić information content (AvgIpc) is 2.99. The second-order valence-corrected chi connectivity index (χ2v) is 9.96. The van der Waals surface area contributed by atoms with Gasteiger partial charge in [-0.05, 0) is 36.2 Å². The molecule has 1 heterocycles. The number of ketones is 1. The maximum absolute atomic E-state index is 14.0. The fraction of sp³-hybridized carbons (Fsp3) is 0.273. The average molecular weight is 540 g/mol. The van der Waals surface area contributed by atoms with Gasteiger partial charge in [-0.3, -0.25) is 4.79 Å². The Balaban J connectivity index is 1.57. The van der Waals surface area contributed by atoms with Gasteiger partial charge in [-0.2, -0.15) is 0 Å². The molecule has 0 spiro atoms. The highest BCUT2D eigenvalue weighted by Gasteiger charge is 2.46. The van der Waals surface area contributed by atoms with Crippen molar-refractivity contribution in [3.8, 4) is 17.2 Å². The molecule has 0 bridgehead atoms. The van der Waals surface area contributed by atoms with Crippen LogP contribution in [0.25, 0.3) is 0 Å². The fourth-order valence-corrected chi connectivity index (χ4v) is 5.62. The number of nitrogens with one attached hydrogen (secondary N) is 1. The van der Waals surface area contributed by atoms with Crippen molar-refractivity contribution in [2.45, 2.75) is 31.8 Å². The normalized spacial score (nSPS) is 20.1. The van der Waals surface area contributed by atoms with Crippen molar-refractivity contribution >= 4 is 11.8 Å². The summed E-state index contributed by atoms with van der Waals surface area (Å²) in [5.74, 6) is 0.188. The molecule has 3 aromatic rings. The van der Waals surface area contributed by atoms with E-state index < -0.39 is 17.8 Å². The molecule has 1 aliphatic heterocycles. The first kappa shape index (κ1) is 27.1. The fourth-order valence-electron chi connectivity index (χ4n) is 5.62. The number of benzene rings is 3. The van der Waals surface area contributed by atoms with Crippen LogP contribution in [0.2, 0.25) is 0 Å². The van der Waals surface area contributed by atoms with Crippen LogP contribution in [-0.2, 0) is 20.9 Å². The van der Waals surface area contributed by atoms with Crippen LogP contribution in [0.15, 0.2) is 95.8 Å². The van der Waals surface area contributed by atoms with Gasteiger partial charge in [0.05, 0.1) is 32.8 Å². The predicted octanol–water partition coefficient (Wildman–Crippen LogP) is 5.67. The van der Waals surface area contributed by atoms with Crippen LogP contribution < -0.4 is 19.5 Å². The van der Waals surface area contributed by atoms with Gasteiger partial charge in [0.2, 0.25) is 0 Å². The molecule has 5 rings (SSSR count). The Bertz CT molecular complexity index is 1460. The molecule has 0 aromatic heterocycles. The van der Waals surface area contributed by atoms with Crippen molar-refractivity contribution in [1.82, 2.24) is 5.32 Å². The van der Waals surface area contributed by atoms with E-state index in [2.05, 4.69) is 11.4 Å². The molecule has 7 nitrogen and oxygen atoms in total. The van der Waals surface area contributed by atoms with Gasteiger partial charge in [0.1, 0.15) is 29.6 Å². The predicted molar refractivity (Wildman–Crippen MR) is 151 cm³/mol. The number of hydrogen-bond acceptors (Lipinski definition) is 7. The number of hydrogen-bond donors (Lipinski definition) is 1. The lowest BCUT2D eigenvalue weighted by atomic mass is 9.68. The molecule has 2 aliphatic rings. The Kier molecular flexibility index (Phi) is 7.91. The van der Waals surface area contributed by atoms with E-state index in [1.807, 2.05) is 73.7 Å². The van der Waals surface area contributed by atoms with Crippen molar-refractivity contribution in [2.75, 3.05) is 21.3 Å². The second kappa shape index (κ2) is 11.7. The zero-order valence-corrected chi connectivity index (χ0v) is 23.1. The molecule has 40 heavy (non-hydrogen) atoms. The first-order valence-electron chi connectivity index (χ1n) is 13.2. The number of carbonyl (C=O) groups excluding carboxylic acids is 2. The third kappa shape index (κ3) is 5.32. The summed E-state index contributed by atoms with van der Waals surface area (Å²) in [4.78, 5) is 27.6. The Labute approximate surface area is 234 Å². The van der Waals surface area contributed by atoms with E-state index in [0.29, 0.717) is 29.2 Å². The molecular weight excluding hydrogens is 506 g/mol. The van der Waals surface area contributed by atoms with E-state index in [1.54, 1.807) is 27.4 Å². The van der Waals surface area contributed by atoms with Crippen LogP contribution in [-0.4, -0.2) is 33.1 Å². The highest BCUT2D eigenvalue weighted by atomic mass is 16.5. The molecule has 1 N–H and O–H groups in total. The number of carbonyl (C=O) groups is 2. The molecule has 3 aromatic carbocycles. The highest BCUT2D eigenvalue weighted by molar-refractivity contribution is 5.96. The quantitative estimate of drug-likeness (QED) is 0.369. The number of Topliss-reactive ketones (excluding diaryl/α,β-unsaturated/α-hetero) is 1. The first-order valence-corrected chi connectivity index (χ1v) is 13.2. The van der Waals surface area contributed by atoms with Crippen molar-refractivity contribution in [1.29, 1.82) is 0 Å². The second-order valence-electron chi connectivity index (χ2n) is 9.96. The van der Waals surface area contributed by atoms with Crippen molar-refractivity contribution in [3.63, 3.8) is 0 Å². The summed E-state index contributed by atoms with van der Waals surface area (Å²) in [5, 5.41) is 3.39. The SMILES string of the molecule is COc1ccc(C2C=C3NC(C)=C(C(=O)OCc4ccccc4)C(c4ccc(OC)cc4OC)C3C(=O)C2)cc1. The Morgan fingerprint density at radius 3 is 2.25 bits per heavy atom. The van der Waals surface area contributed by atoms with Crippen LogP contribution in [0.5, 0.6) is 17.2 Å². The van der Waals surface area contributed by atoms with E-state index in [-0.39, 0.29) is 18.3 Å². The number of rotatable bonds is 8. The monoisotopic (exact) mass is 539 g/mol. The number of methoxy groups -OCH3 is 3. The maximum Gasteiger partial charge on any atom is 0.336 e. The molecular formula is C33H33NO6. The van der Waals surface area contributed by atoms with Gasteiger partial charge < -0.3 is 24.3 Å². The maximum atomic E-state index is 14.0. The van der Waals surface area contributed by atoms with Gasteiger partial charge in [0, 0.05) is 41.3 Å². The lowest BCUT2D eigenvalue weighted by Crippen LogP contribution is -2.42. The number of fused-ring (bicyclic) bond motifs is 1. The lowest BCUT2D eigenvalue weighted by Gasteiger charge is -2.40. The summed E-state index contributed by atoms with van der Waals surface area (Å²) in [6, 6.07) is 22.7. The molecule has 1 aliphatic carbocycles. The Morgan fingerprint density at radius 1 is 0.875 bits per heavy atom. The van der Waals surface area contributed by atoms with Gasteiger partial charge in [-0.15, -0.1) is 0 Å². The molecule has 3 unspecified atom stereocenters. The van der Waals surface area contributed by atoms with Crippen LogP contribution in [0.3, 0.4) is 0 Å². The summed E-state index contributed by atoms with van der Waals surface area (Å²) in [7, 11) is 4.78. The third-order valence-electron chi connectivity index (χ3n) is 7.62. The first-order chi connectivity index (χ1) is 19.4. The summed E-state index contributed by atoms with van der Waals surface area (Å²) in [5.41, 5.74) is 4.47. The van der Waals surface area contributed by atoms with Gasteiger partial charge in [0.25, 0.3) is 0 Å². The van der Waals surface area contributed by atoms with Gasteiger partial charge in [-0.1, -0.05) is 54.6 Å². The van der Waals surface area contributed by atoms with Gasteiger partial charge in [-0.25, -0.2) is 4.79 Å². The van der Waals surface area contributed by atoms with E-state index >= 15 is 0 Å². The summed E-state index contributed by atoms with van der Waals surface area (Å²) in [6.07, 6.45) is 2.41. The molecule has 7 heteroatoms. The van der Waals surface area contributed by atoms with Crippen LogP contribution in [0.1, 0.15) is 41.9 Å². The van der Waals surface area contributed by atoms with Crippen molar-refractivity contribution < 1.29 is 28.5 Å². The van der Waals surface area contributed by atoms with Gasteiger partial charge >= 0.3 is 5.97 Å². The highest BCUT2D eigenvalue weighted by Crippen LogP contribution is 2.49. The summed E-state index contributed by atoms with van der Waals surface area (Å²) < 4.78 is 22.2. The molecule has 0 saturated carbocycles. The number of ether oxygens (including phenoxy) is 4. The minimum Gasteiger partial charge on any atom is -0.497 e. The largest absolute Gasteiger partial charge is 0.497 e. The van der Waals surface area contributed by atoms with Gasteiger partial charge in [0.15, 0.2) is 0 Å². The number of allylic oxidation sites excluding steroid dienone is 3. The van der Waals surface area contributed by atoms with Crippen LogP contribution in [0.4, 0.5) is 0 Å². The molecule has 0 saturated heterocycles. The van der Waals surface area contributed by atoms with E-state index in [1.165, 1.54) is 0 Å². The smallest absolute Gasteiger partial charge is 0.336 e.